The van der Waals surface area contributed by atoms with E-state index in [1.54, 1.807) is 24.4 Å². The van der Waals surface area contributed by atoms with Gasteiger partial charge in [0.1, 0.15) is 12.1 Å². The van der Waals surface area contributed by atoms with E-state index in [4.69, 9.17) is 25.5 Å². The van der Waals surface area contributed by atoms with Gasteiger partial charge in [0.15, 0.2) is 5.76 Å². The van der Waals surface area contributed by atoms with Crippen LogP contribution in [0.3, 0.4) is 0 Å². The van der Waals surface area contributed by atoms with Crippen molar-refractivity contribution < 1.29 is 28.3 Å². The molecular formula is C34H51ClN2O6Si. The zero-order valence-corrected chi connectivity index (χ0v) is 29.7. The molecule has 2 N–H and O–H groups in total. The molecular weight excluding hydrogens is 596 g/mol. The third kappa shape index (κ3) is 16.3. The van der Waals surface area contributed by atoms with Crippen molar-refractivity contribution in [1.82, 2.24) is 10.6 Å². The molecule has 8 nitrogen and oxygen atoms in total. The van der Waals surface area contributed by atoms with Gasteiger partial charge in [0, 0.05) is 23.4 Å². The Morgan fingerprint density at radius 1 is 1.14 bits per heavy atom. The number of halogens is 1. The van der Waals surface area contributed by atoms with Crippen LogP contribution in [0.2, 0.25) is 5.04 Å². The molecule has 0 saturated heterocycles. The molecule has 0 fully saturated rings. The molecule has 1 aliphatic heterocycles. The minimum absolute atomic E-state index is 0.000383. The Bertz CT molecular complexity index is 1150. The summed E-state index contributed by atoms with van der Waals surface area (Å²) in [5, 5.41) is 6.41. The van der Waals surface area contributed by atoms with Gasteiger partial charge in [-0.05, 0) is 49.4 Å². The second-order valence-electron chi connectivity index (χ2n) is 13.0. The molecule has 244 valence electrons. The van der Waals surface area contributed by atoms with Crippen molar-refractivity contribution in [3.8, 4) is 0 Å². The molecule has 2 amide bonds. The van der Waals surface area contributed by atoms with Crippen molar-refractivity contribution in [2.75, 3.05) is 7.11 Å². The number of hydrogen-bond acceptors (Lipinski definition) is 6. The minimum atomic E-state index is -0.752. The first-order chi connectivity index (χ1) is 20.4. The predicted molar refractivity (Wildman–Crippen MR) is 179 cm³/mol. The molecule has 0 spiro atoms. The van der Waals surface area contributed by atoms with Crippen molar-refractivity contribution >= 4 is 39.1 Å². The normalized spacial score (nSPS) is 19.1. The van der Waals surface area contributed by atoms with Gasteiger partial charge < -0.3 is 24.5 Å². The topological polar surface area (TPSA) is 103 Å². The monoisotopic (exact) mass is 646 g/mol. The quantitative estimate of drug-likeness (QED) is 0.0875. The number of methoxy groups -OCH3 is 1. The van der Waals surface area contributed by atoms with Crippen molar-refractivity contribution in [2.24, 2.45) is 11.3 Å². The molecule has 1 unspecified atom stereocenters. The molecule has 1 aliphatic rings. The summed E-state index contributed by atoms with van der Waals surface area (Å²) in [6, 6.07) is -0.752. The number of hydrogen-bond donors (Lipinski definition) is 2. The number of ether oxygens (including phenoxy) is 2. The van der Waals surface area contributed by atoms with Crippen LogP contribution >= 0.6 is 11.6 Å². The molecule has 0 aromatic carbocycles. The van der Waals surface area contributed by atoms with Gasteiger partial charge in [-0.15, -0.1) is 0 Å². The van der Waals surface area contributed by atoms with Gasteiger partial charge in [-0.1, -0.05) is 102 Å². The molecule has 2 radical (unpaired) electrons. The van der Waals surface area contributed by atoms with E-state index in [1.807, 2.05) is 65.8 Å². The lowest BCUT2D eigenvalue weighted by Gasteiger charge is -2.29. The Morgan fingerprint density at radius 2 is 1.80 bits per heavy atom. The van der Waals surface area contributed by atoms with Crippen LogP contribution in [-0.2, 0) is 28.3 Å². The summed E-state index contributed by atoms with van der Waals surface area (Å²) >= 11 is 6.01. The van der Waals surface area contributed by atoms with Crippen molar-refractivity contribution in [2.45, 2.75) is 105 Å². The van der Waals surface area contributed by atoms with Gasteiger partial charge in [0.25, 0.3) is 0 Å². The summed E-state index contributed by atoms with van der Waals surface area (Å²) in [4.78, 5) is 37.6. The van der Waals surface area contributed by atoms with Crippen LogP contribution in [0.4, 0.5) is 0 Å². The number of amides is 2. The van der Waals surface area contributed by atoms with E-state index in [2.05, 4.69) is 31.4 Å². The number of carbonyl (C=O) groups is 3. The van der Waals surface area contributed by atoms with Crippen LogP contribution in [0, 0.1) is 11.3 Å². The molecule has 0 aromatic heterocycles. The third-order valence-corrected chi connectivity index (χ3v) is 7.61. The first kappa shape index (κ1) is 39.1. The maximum Gasteiger partial charge on any atom is 0.373 e. The molecule has 0 aliphatic carbocycles. The largest absolute Gasteiger partial charge is 0.490 e. The number of rotatable bonds is 15. The Morgan fingerprint density at radius 3 is 2.36 bits per heavy atom. The van der Waals surface area contributed by atoms with Crippen molar-refractivity contribution in [3.05, 3.63) is 71.2 Å². The third-order valence-electron chi connectivity index (χ3n) is 6.40. The molecule has 0 saturated carbocycles. The second-order valence-corrected chi connectivity index (χ2v) is 15.5. The Hall–Kier alpha value is -2.88. The van der Waals surface area contributed by atoms with E-state index < -0.39 is 17.4 Å². The number of cyclic esters (lactones) is 1. The highest BCUT2D eigenvalue weighted by atomic mass is 35.5. The highest BCUT2D eigenvalue weighted by molar-refractivity contribution is 6.31. The van der Waals surface area contributed by atoms with Crippen LogP contribution in [-0.4, -0.2) is 52.9 Å². The fourth-order valence-electron chi connectivity index (χ4n) is 4.02. The van der Waals surface area contributed by atoms with Gasteiger partial charge in [0.05, 0.1) is 13.2 Å². The van der Waals surface area contributed by atoms with Crippen LogP contribution in [0.25, 0.3) is 0 Å². The minimum Gasteiger partial charge on any atom is -0.490 e. The van der Waals surface area contributed by atoms with Gasteiger partial charge >= 0.3 is 5.97 Å². The van der Waals surface area contributed by atoms with Crippen molar-refractivity contribution in [3.63, 3.8) is 0 Å². The Kier molecular flexibility index (Phi) is 16.7. The van der Waals surface area contributed by atoms with Gasteiger partial charge in [-0.2, -0.15) is 0 Å². The highest BCUT2D eigenvalue weighted by Crippen LogP contribution is 2.24. The molecule has 44 heavy (non-hydrogen) atoms. The molecule has 0 aromatic rings. The maximum atomic E-state index is 13.0. The molecule has 0 bridgehead atoms. The smallest absolute Gasteiger partial charge is 0.373 e. The van der Waals surface area contributed by atoms with Gasteiger partial charge in [0.2, 0.25) is 21.6 Å². The average Bonchev–Trinajstić information content (AvgIpc) is 2.91. The molecule has 10 heteroatoms. The van der Waals surface area contributed by atoms with E-state index in [0.29, 0.717) is 34.1 Å². The Labute approximate surface area is 272 Å². The highest BCUT2D eigenvalue weighted by Gasteiger charge is 2.32. The predicted octanol–water partition coefficient (Wildman–Crippen LogP) is 6.83. The van der Waals surface area contributed by atoms with Gasteiger partial charge in [-0.25, -0.2) is 4.79 Å². The number of carbonyl (C=O) groups excluding carboxylic acids is 3. The summed E-state index contributed by atoms with van der Waals surface area (Å²) in [5.41, 5.74) is 0.440. The summed E-state index contributed by atoms with van der Waals surface area (Å²) in [7, 11) is 1.78. The van der Waals surface area contributed by atoms with Crippen LogP contribution in [0.1, 0.15) is 81.6 Å². The lowest BCUT2D eigenvalue weighted by Crippen LogP contribution is -2.52. The van der Waals surface area contributed by atoms with Crippen LogP contribution in [0.5, 0.6) is 0 Å². The van der Waals surface area contributed by atoms with E-state index >= 15 is 0 Å². The summed E-state index contributed by atoms with van der Waals surface area (Å²) in [6.45, 7) is 17.8. The zero-order valence-electron chi connectivity index (χ0n) is 28.0. The van der Waals surface area contributed by atoms with E-state index in [0.717, 1.165) is 5.57 Å². The fraction of sp³-hybridized carbons (Fsp3) is 0.559. The standard InChI is InChI=1S/C34H51ClN2O6Si/c1-23(22-24(2)27-19-20-28(41-10)32(40)42-27)14-11-12-16-29(38)37-30(33(4,5)6)31(39)36-21-13-15-26(18-17-25(3)35)43-44-34(7,8)9/h11-14,16-17,20-22,24,26-27,30H,15,18-19H2,1-10H3,(H,36,39)(H,37,38)/b14-11-,16-12-,21-13-,23-22+,25-17+/t24-,26+,27?,30+/m0/s1. The van der Waals surface area contributed by atoms with Crippen molar-refractivity contribution in [1.29, 1.82) is 0 Å². The SMILES string of the molecule is COC1=CCC([C@@H](C)/C=C(C)/C=C\C=C/C(=O)N[C@H](C(=O)N/C=C\C[C@H](C/C=C(\C)Cl)O[Si]C(C)(C)C)C(C)(C)C)OC1=O. The zero-order chi connectivity index (χ0) is 33.5. The lowest BCUT2D eigenvalue weighted by molar-refractivity contribution is -0.151. The number of nitrogens with one attached hydrogen (secondary N) is 2. The van der Waals surface area contributed by atoms with Crippen LogP contribution in [0.15, 0.2) is 71.2 Å². The fourth-order valence-corrected chi connectivity index (χ4v) is 4.82. The van der Waals surface area contributed by atoms with E-state index in [-0.39, 0.29) is 40.7 Å². The number of esters is 1. The van der Waals surface area contributed by atoms with E-state index in [1.165, 1.54) is 13.2 Å². The van der Waals surface area contributed by atoms with Crippen LogP contribution < -0.4 is 10.6 Å². The first-order valence-electron chi connectivity index (χ1n) is 14.9. The maximum absolute atomic E-state index is 13.0. The average molecular weight is 647 g/mol. The lowest BCUT2D eigenvalue weighted by atomic mass is 9.86. The molecule has 1 heterocycles. The molecule has 4 atom stereocenters. The summed E-state index contributed by atoms with van der Waals surface area (Å²) < 4.78 is 16.6. The second kappa shape index (κ2) is 18.8. The van der Waals surface area contributed by atoms with Gasteiger partial charge in [-0.3, -0.25) is 9.59 Å². The first-order valence-corrected chi connectivity index (χ1v) is 16.2. The summed E-state index contributed by atoms with van der Waals surface area (Å²) in [5.74, 6) is -0.902. The summed E-state index contributed by atoms with van der Waals surface area (Å²) in [6.07, 6.45) is 17.3. The molecule has 1 rings (SSSR count). The Balaban J connectivity index is 2.72. The van der Waals surface area contributed by atoms with E-state index in [9.17, 15) is 14.4 Å². The number of allylic oxidation sites excluding steroid dienone is 5.